The van der Waals surface area contributed by atoms with Crippen molar-refractivity contribution in [2.24, 2.45) is 0 Å². The Labute approximate surface area is 198 Å². The van der Waals surface area contributed by atoms with Crippen LogP contribution in [0.3, 0.4) is 0 Å². The quantitative estimate of drug-likeness (QED) is 0.285. The number of aromatic nitrogens is 1. The number of carbonyl (C=O) groups is 1. The number of rotatable bonds is 10. The number of hydrogen-bond acceptors (Lipinski definition) is 5. The van der Waals surface area contributed by atoms with E-state index in [9.17, 15) is 18.0 Å². The summed E-state index contributed by atoms with van der Waals surface area (Å²) in [5, 5.41) is 9.92. The number of thiophene rings is 1. The number of thiazole rings is 1. The van der Waals surface area contributed by atoms with Crippen molar-refractivity contribution in [3.63, 3.8) is 0 Å². The number of nitrogens with zero attached hydrogens (tertiary/aromatic N) is 1. The number of halogens is 3. The van der Waals surface area contributed by atoms with Gasteiger partial charge in [-0.15, -0.1) is 22.7 Å². The zero-order chi connectivity index (χ0) is 23.5. The molecule has 0 unspecified atom stereocenters. The summed E-state index contributed by atoms with van der Waals surface area (Å²) >= 11 is 4.54. The molecule has 2 heterocycles. The van der Waals surface area contributed by atoms with Crippen LogP contribution in [0.4, 0.5) is 13.2 Å². The minimum atomic E-state index is -4.34. The first-order valence-electron chi connectivity index (χ1n) is 10.5. The zero-order valence-electron chi connectivity index (χ0n) is 18.2. The number of benzene rings is 1. The second-order valence-corrected chi connectivity index (χ2v) is 11.3. The van der Waals surface area contributed by atoms with E-state index in [-0.39, 0.29) is 12.3 Å². The molecule has 0 aliphatic rings. The fourth-order valence-electron chi connectivity index (χ4n) is 3.72. The number of alkyl halides is 3. The molecular formula is C23H26F3NO2S3. The molecule has 9 heteroatoms. The van der Waals surface area contributed by atoms with Gasteiger partial charge in [0.05, 0.1) is 17.7 Å². The lowest BCUT2D eigenvalue weighted by Crippen LogP contribution is -2.03. The van der Waals surface area contributed by atoms with E-state index in [2.05, 4.69) is 11.9 Å². The summed E-state index contributed by atoms with van der Waals surface area (Å²) in [5.41, 5.74) is 1.25. The molecule has 1 aromatic carbocycles. The van der Waals surface area contributed by atoms with Gasteiger partial charge in [0.2, 0.25) is 0 Å². The van der Waals surface area contributed by atoms with Gasteiger partial charge in [-0.05, 0) is 55.7 Å². The molecule has 0 saturated heterocycles. The minimum absolute atomic E-state index is 0.00984. The smallest absolute Gasteiger partial charge is 0.416 e. The monoisotopic (exact) mass is 501 g/mol. The lowest BCUT2D eigenvalue weighted by Gasteiger charge is -2.16. The van der Waals surface area contributed by atoms with Crippen LogP contribution < -0.4 is 0 Å². The van der Waals surface area contributed by atoms with Crippen LogP contribution in [0.25, 0.3) is 10.1 Å². The molecule has 3 rings (SSSR count). The summed E-state index contributed by atoms with van der Waals surface area (Å²) in [5.74, 6) is 0.255. The Balaban J connectivity index is 1.77. The second-order valence-electron chi connectivity index (χ2n) is 7.84. The standard InChI is InChI=1S/C23H26F3NO2S3/c1-4-5-6-15(9-10-30-22-27-14(3)18(32-22)12-20(28)29)21-13(2)17-8-7-16(23(24,25)26)11-19(17)31-21/h7-8,11,15H,4-6,9-10,12H2,1-3H3,(H,28,29)/t15-/m0/s1. The highest BCUT2D eigenvalue weighted by Gasteiger charge is 2.31. The van der Waals surface area contributed by atoms with Gasteiger partial charge in [0.15, 0.2) is 0 Å². The summed E-state index contributed by atoms with van der Waals surface area (Å²) in [6.45, 7) is 5.98. The van der Waals surface area contributed by atoms with Crippen LogP contribution in [0.1, 0.15) is 65.1 Å². The van der Waals surface area contributed by atoms with Crippen LogP contribution in [0.15, 0.2) is 22.5 Å². The van der Waals surface area contributed by atoms with Gasteiger partial charge >= 0.3 is 12.1 Å². The molecule has 174 valence electrons. The predicted molar refractivity (Wildman–Crippen MR) is 127 cm³/mol. The number of fused-ring (bicyclic) bond motifs is 1. The van der Waals surface area contributed by atoms with Gasteiger partial charge in [-0.2, -0.15) is 13.2 Å². The summed E-state index contributed by atoms with van der Waals surface area (Å²) in [7, 11) is 0. The first kappa shape index (κ1) is 25.1. The summed E-state index contributed by atoms with van der Waals surface area (Å²) in [6, 6.07) is 4.04. The Bertz CT molecular complexity index is 1090. The third kappa shape index (κ3) is 6.05. The van der Waals surface area contributed by atoms with E-state index in [4.69, 9.17) is 5.11 Å². The van der Waals surface area contributed by atoms with E-state index >= 15 is 0 Å². The van der Waals surface area contributed by atoms with Crippen molar-refractivity contribution >= 4 is 50.5 Å². The largest absolute Gasteiger partial charge is 0.481 e. The molecule has 32 heavy (non-hydrogen) atoms. The van der Waals surface area contributed by atoms with Crippen molar-refractivity contribution in [2.45, 2.75) is 69.3 Å². The summed E-state index contributed by atoms with van der Waals surface area (Å²) < 4.78 is 41.0. The minimum Gasteiger partial charge on any atom is -0.481 e. The Morgan fingerprint density at radius 2 is 1.97 bits per heavy atom. The molecular weight excluding hydrogens is 475 g/mol. The number of hydrogen-bond donors (Lipinski definition) is 1. The average molecular weight is 502 g/mol. The lowest BCUT2D eigenvalue weighted by atomic mass is 9.94. The number of carboxylic acids is 1. The van der Waals surface area contributed by atoms with Crippen molar-refractivity contribution in [2.75, 3.05) is 5.75 Å². The van der Waals surface area contributed by atoms with Crippen molar-refractivity contribution in [3.8, 4) is 0 Å². The Kier molecular flexibility index (Phi) is 8.27. The average Bonchev–Trinajstić information content (AvgIpc) is 3.22. The Morgan fingerprint density at radius 3 is 2.62 bits per heavy atom. The van der Waals surface area contributed by atoms with Gasteiger partial charge in [0.25, 0.3) is 0 Å². The molecule has 2 aromatic heterocycles. The van der Waals surface area contributed by atoms with Gasteiger partial charge in [0, 0.05) is 20.2 Å². The van der Waals surface area contributed by atoms with Crippen LogP contribution in [0.2, 0.25) is 0 Å². The Morgan fingerprint density at radius 1 is 1.22 bits per heavy atom. The van der Waals surface area contributed by atoms with E-state index < -0.39 is 17.7 Å². The van der Waals surface area contributed by atoms with Crippen LogP contribution in [-0.4, -0.2) is 21.8 Å². The van der Waals surface area contributed by atoms with E-state index in [1.54, 1.807) is 17.8 Å². The first-order chi connectivity index (χ1) is 15.1. The van der Waals surface area contributed by atoms with Gasteiger partial charge < -0.3 is 5.11 Å². The van der Waals surface area contributed by atoms with Crippen LogP contribution >= 0.6 is 34.4 Å². The first-order valence-corrected chi connectivity index (χ1v) is 13.1. The number of aliphatic carboxylic acids is 1. The number of unbranched alkanes of at least 4 members (excludes halogenated alkanes) is 1. The van der Waals surface area contributed by atoms with E-state index in [1.165, 1.54) is 39.7 Å². The molecule has 1 atom stereocenters. The molecule has 1 N–H and O–H groups in total. The number of aryl methyl sites for hydroxylation is 2. The molecule has 0 radical (unpaired) electrons. The highest BCUT2D eigenvalue weighted by Crippen LogP contribution is 2.42. The molecule has 3 aromatic rings. The molecule has 3 nitrogen and oxygen atoms in total. The molecule has 0 aliphatic heterocycles. The van der Waals surface area contributed by atoms with Crippen LogP contribution in [-0.2, 0) is 17.4 Å². The van der Waals surface area contributed by atoms with Gasteiger partial charge in [-0.1, -0.05) is 37.6 Å². The SMILES string of the molecule is CCCC[C@@H](CCSc1nc(C)c(CC(=O)O)s1)c1sc2cc(C(F)(F)F)ccc2c1C. The molecule has 0 bridgehead atoms. The third-order valence-corrected chi connectivity index (χ3v) is 9.21. The Hall–Kier alpha value is -1.58. The highest BCUT2D eigenvalue weighted by atomic mass is 32.2. The lowest BCUT2D eigenvalue weighted by molar-refractivity contribution is -0.138. The molecule has 0 spiro atoms. The zero-order valence-corrected chi connectivity index (χ0v) is 20.7. The molecule has 0 amide bonds. The number of thioether (sulfide) groups is 1. The molecule has 0 aliphatic carbocycles. The van der Waals surface area contributed by atoms with E-state index in [0.29, 0.717) is 4.70 Å². The maximum atomic E-state index is 13.1. The number of carboxylic acid groups (broad SMARTS) is 1. The fourth-order valence-corrected chi connectivity index (χ4v) is 7.49. The van der Waals surface area contributed by atoms with Crippen molar-refractivity contribution in [1.82, 2.24) is 4.98 Å². The third-order valence-electron chi connectivity index (χ3n) is 5.46. The maximum Gasteiger partial charge on any atom is 0.416 e. The van der Waals surface area contributed by atoms with Crippen molar-refractivity contribution < 1.29 is 23.1 Å². The van der Waals surface area contributed by atoms with Crippen molar-refractivity contribution in [1.29, 1.82) is 0 Å². The second kappa shape index (κ2) is 10.6. The topological polar surface area (TPSA) is 50.2 Å². The normalized spacial score (nSPS) is 13.1. The van der Waals surface area contributed by atoms with E-state index in [0.717, 1.165) is 57.3 Å². The summed E-state index contributed by atoms with van der Waals surface area (Å²) in [6.07, 6.45) is -0.318. The van der Waals surface area contributed by atoms with Gasteiger partial charge in [0.1, 0.15) is 4.34 Å². The molecule has 0 fully saturated rings. The van der Waals surface area contributed by atoms with Crippen molar-refractivity contribution in [3.05, 3.63) is 44.8 Å². The fraction of sp³-hybridized carbons (Fsp3) is 0.478. The van der Waals surface area contributed by atoms with Crippen LogP contribution in [0.5, 0.6) is 0 Å². The maximum absolute atomic E-state index is 13.1. The summed E-state index contributed by atoms with van der Waals surface area (Å²) in [4.78, 5) is 17.4. The van der Waals surface area contributed by atoms with Gasteiger partial charge in [-0.3, -0.25) is 4.79 Å². The molecule has 0 saturated carbocycles. The van der Waals surface area contributed by atoms with Crippen LogP contribution in [0, 0.1) is 13.8 Å². The predicted octanol–water partition coefficient (Wildman–Crippen LogP) is 8.08. The van der Waals surface area contributed by atoms with E-state index in [1.807, 2.05) is 13.8 Å². The highest BCUT2D eigenvalue weighted by molar-refractivity contribution is 8.01. The van der Waals surface area contributed by atoms with Gasteiger partial charge in [-0.25, -0.2) is 4.98 Å².